The zero-order chi connectivity index (χ0) is 13.2. The predicted molar refractivity (Wildman–Crippen MR) is 78.4 cm³/mol. The summed E-state index contributed by atoms with van der Waals surface area (Å²) in [5.41, 5.74) is 10.7. The number of fused-ring (bicyclic) bond motifs is 1. The molecule has 1 heterocycles. The number of rotatable bonds is 3. The van der Waals surface area contributed by atoms with E-state index in [2.05, 4.69) is 49.4 Å². The van der Waals surface area contributed by atoms with Gasteiger partial charge in [0.15, 0.2) is 0 Å². The van der Waals surface area contributed by atoms with E-state index in [1.807, 2.05) is 0 Å². The topological polar surface area (TPSA) is 35.2 Å². The van der Waals surface area contributed by atoms with Gasteiger partial charge < -0.3 is 10.5 Å². The van der Waals surface area contributed by atoms with Crippen LogP contribution in [0.4, 0.5) is 0 Å². The second-order valence-corrected chi connectivity index (χ2v) is 5.02. The molecular formula is C17H19NO. The Balaban J connectivity index is 2.00. The zero-order valence-electron chi connectivity index (χ0n) is 11.2. The highest BCUT2D eigenvalue weighted by Crippen LogP contribution is 2.38. The molecular weight excluding hydrogens is 234 g/mol. The minimum Gasteiger partial charge on any atom is -0.488 e. The van der Waals surface area contributed by atoms with Gasteiger partial charge >= 0.3 is 0 Å². The van der Waals surface area contributed by atoms with Gasteiger partial charge in [-0.25, -0.2) is 0 Å². The van der Waals surface area contributed by atoms with Gasteiger partial charge in [-0.3, -0.25) is 0 Å². The predicted octanol–water partition coefficient (Wildman–Crippen LogP) is 3.18. The van der Waals surface area contributed by atoms with Crippen molar-refractivity contribution in [2.45, 2.75) is 25.9 Å². The van der Waals surface area contributed by atoms with Crippen LogP contribution in [0.5, 0.6) is 5.75 Å². The number of para-hydroxylation sites is 1. The summed E-state index contributed by atoms with van der Waals surface area (Å²) in [6, 6.07) is 15.1. The van der Waals surface area contributed by atoms with Gasteiger partial charge in [-0.2, -0.15) is 0 Å². The highest BCUT2D eigenvalue weighted by Gasteiger charge is 2.24. The van der Waals surface area contributed by atoms with Crippen molar-refractivity contribution in [3.63, 3.8) is 0 Å². The number of nitrogens with two attached hydrogens (primary N) is 1. The monoisotopic (exact) mass is 253 g/mol. The molecule has 1 aliphatic rings. The molecule has 0 aromatic heterocycles. The third-order valence-corrected chi connectivity index (χ3v) is 3.76. The first-order valence-corrected chi connectivity index (χ1v) is 6.89. The molecule has 1 aliphatic heterocycles. The molecule has 0 saturated carbocycles. The van der Waals surface area contributed by atoms with Crippen molar-refractivity contribution in [1.82, 2.24) is 0 Å². The van der Waals surface area contributed by atoms with Crippen LogP contribution in [-0.4, -0.2) is 12.6 Å². The van der Waals surface area contributed by atoms with E-state index in [0.717, 1.165) is 18.6 Å². The van der Waals surface area contributed by atoms with Crippen molar-refractivity contribution in [1.29, 1.82) is 0 Å². The second kappa shape index (κ2) is 5.06. The lowest BCUT2D eigenvalue weighted by Crippen LogP contribution is -2.24. The Bertz CT molecular complexity index is 574. The van der Waals surface area contributed by atoms with E-state index in [-0.39, 0.29) is 6.10 Å². The van der Waals surface area contributed by atoms with Crippen molar-refractivity contribution in [3.8, 4) is 16.9 Å². The molecule has 2 N–H and O–H groups in total. The van der Waals surface area contributed by atoms with E-state index in [1.165, 1.54) is 22.3 Å². The van der Waals surface area contributed by atoms with Crippen molar-refractivity contribution in [2.24, 2.45) is 5.73 Å². The molecule has 3 rings (SSSR count). The standard InChI is InChI=1S/C17H19NO/c1-2-12-6-8-13(9-7-12)16-5-3-4-14-10-15(11-18)19-17(14)16/h3-9,15H,2,10-11,18H2,1H3/t15-/m1/s1. The van der Waals surface area contributed by atoms with Crippen molar-refractivity contribution in [3.05, 3.63) is 53.6 Å². The maximum Gasteiger partial charge on any atom is 0.130 e. The minimum absolute atomic E-state index is 0.131. The van der Waals surface area contributed by atoms with Crippen LogP contribution in [0.1, 0.15) is 18.1 Å². The zero-order valence-corrected chi connectivity index (χ0v) is 11.2. The van der Waals surface area contributed by atoms with Crippen molar-refractivity contribution in [2.75, 3.05) is 6.54 Å². The van der Waals surface area contributed by atoms with Gasteiger partial charge in [0.25, 0.3) is 0 Å². The maximum absolute atomic E-state index is 5.97. The highest BCUT2D eigenvalue weighted by atomic mass is 16.5. The lowest BCUT2D eigenvalue weighted by atomic mass is 9.99. The molecule has 0 aliphatic carbocycles. The SMILES string of the molecule is CCc1ccc(-c2cccc3c2O[C@@H](CN)C3)cc1. The van der Waals surface area contributed by atoms with Gasteiger partial charge in [-0.1, -0.05) is 49.4 Å². The molecule has 2 aromatic rings. The fraction of sp³-hybridized carbons (Fsp3) is 0.294. The Kier molecular flexibility index (Phi) is 3.26. The quantitative estimate of drug-likeness (QED) is 0.911. The normalized spacial score (nSPS) is 17.1. The molecule has 2 aromatic carbocycles. The van der Waals surface area contributed by atoms with E-state index in [0.29, 0.717) is 6.54 Å². The average Bonchev–Trinajstić information content (AvgIpc) is 2.90. The van der Waals surface area contributed by atoms with Crippen LogP contribution in [0.2, 0.25) is 0 Å². The lowest BCUT2D eigenvalue weighted by Gasteiger charge is -2.11. The van der Waals surface area contributed by atoms with Crippen LogP contribution in [0.3, 0.4) is 0 Å². The first kappa shape index (κ1) is 12.2. The largest absolute Gasteiger partial charge is 0.488 e. The summed E-state index contributed by atoms with van der Waals surface area (Å²) in [5.74, 6) is 1.02. The molecule has 0 fully saturated rings. The third kappa shape index (κ3) is 2.24. The summed E-state index contributed by atoms with van der Waals surface area (Å²) >= 11 is 0. The van der Waals surface area contributed by atoms with E-state index in [1.54, 1.807) is 0 Å². The average molecular weight is 253 g/mol. The van der Waals surface area contributed by atoms with Crippen LogP contribution in [0.15, 0.2) is 42.5 Å². The Morgan fingerprint density at radius 1 is 1.16 bits per heavy atom. The van der Waals surface area contributed by atoms with Crippen molar-refractivity contribution < 1.29 is 4.74 Å². The van der Waals surface area contributed by atoms with Gasteiger partial charge in [0.05, 0.1) is 0 Å². The Labute approximate surface area is 114 Å². The summed E-state index contributed by atoms with van der Waals surface area (Å²) in [5, 5.41) is 0. The summed E-state index contributed by atoms with van der Waals surface area (Å²) in [7, 11) is 0. The van der Waals surface area contributed by atoms with Crippen LogP contribution >= 0.6 is 0 Å². The number of hydrogen-bond acceptors (Lipinski definition) is 2. The number of ether oxygens (including phenoxy) is 1. The summed E-state index contributed by atoms with van der Waals surface area (Å²) in [6.07, 6.45) is 2.12. The third-order valence-electron chi connectivity index (χ3n) is 3.76. The number of hydrogen-bond donors (Lipinski definition) is 1. The Morgan fingerprint density at radius 2 is 1.95 bits per heavy atom. The molecule has 2 heteroatoms. The molecule has 1 atom stereocenters. The second-order valence-electron chi connectivity index (χ2n) is 5.02. The lowest BCUT2D eigenvalue weighted by molar-refractivity contribution is 0.242. The summed E-state index contributed by atoms with van der Waals surface area (Å²) in [6.45, 7) is 2.74. The maximum atomic E-state index is 5.97. The first-order valence-electron chi connectivity index (χ1n) is 6.89. The van der Waals surface area contributed by atoms with Gasteiger partial charge in [0, 0.05) is 18.5 Å². The summed E-state index contributed by atoms with van der Waals surface area (Å²) < 4.78 is 5.97. The van der Waals surface area contributed by atoms with E-state index < -0.39 is 0 Å². The van der Waals surface area contributed by atoms with Gasteiger partial charge in [-0.15, -0.1) is 0 Å². The molecule has 19 heavy (non-hydrogen) atoms. The first-order chi connectivity index (χ1) is 9.31. The fourth-order valence-electron chi connectivity index (χ4n) is 2.62. The molecule has 2 nitrogen and oxygen atoms in total. The van der Waals surface area contributed by atoms with Crippen LogP contribution in [0, 0.1) is 0 Å². The Morgan fingerprint density at radius 3 is 2.63 bits per heavy atom. The molecule has 0 unspecified atom stereocenters. The summed E-state index contributed by atoms with van der Waals surface area (Å²) in [4.78, 5) is 0. The highest BCUT2D eigenvalue weighted by molar-refractivity contribution is 5.73. The van der Waals surface area contributed by atoms with E-state index >= 15 is 0 Å². The van der Waals surface area contributed by atoms with Gasteiger partial charge in [-0.05, 0) is 23.1 Å². The van der Waals surface area contributed by atoms with Crippen LogP contribution < -0.4 is 10.5 Å². The van der Waals surface area contributed by atoms with E-state index in [4.69, 9.17) is 10.5 Å². The molecule has 0 amide bonds. The number of benzene rings is 2. The number of aryl methyl sites for hydroxylation is 1. The van der Waals surface area contributed by atoms with E-state index in [9.17, 15) is 0 Å². The van der Waals surface area contributed by atoms with Crippen LogP contribution in [0.25, 0.3) is 11.1 Å². The molecule has 0 bridgehead atoms. The van der Waals surface area contributed by atoms with Crippen molar-refractivity contribution >= 4 is 0 Å². The molecule has 0 spiro atoms. The van der Waals surface area contributed by atoms with Gasteiger partial charge in [0.2, 0.25) is 0 Å². The smallest absolute Gasteiger partial charge is 0.130 e. The minimum atomic E-state index is 0.131. The fourth-order valence-corrected chi connectivity index (χ4v) is 2.62. The van der Waals surface area contributed by atoms with Crippen LogP contribution in [-0.2, 0) is 12.8 Å². The Hall–Kier alpha value is -1.80. The molecule has 0 saturated heterocycles. The molecule has 0 radical (unpaired) electrons. The van der Waals surface area contributed by atoms with Gasteiger partial charge in [0.1, 0.15) is 11.9 Å². The molecule has 98 valence electrons.